The van der Waals surface area contributed by atoms with Gasteiger partial charge in [-0.15, -0.1) is 11.8 Å². The molecule has 4 heteroatoms. The Morgan fingerprint density at radius 1 is 1.31 bits per heavy atom. The molecule has 2 aromatic rings. The maximum absolute atomic E-state index is 5.93. The fourth-order valence-corrected chi connectivity index (χ4v) is 2.27. The normalized spacial score (nSPS) is 10.6. The molecular weight excluding hydrogens is 220 g/mol. The van der Waals surface area contributed by atoms with E-state index in [9.17, 15) is 0 Å². The van der Waals surface area contributed by atoms with Gasteiger partial charge in [-0.25, -0.2) is 0 Å². The zero-order chi connectivity index (χ0) is 11.5. The van der Waals surface area contributed by atoms with Crippen molar-refractivity contribution >= 4 is 17.4 Å². The first-order valence-electron chi connectivity index (χ1n) is 5.06. The molecule has 0 unspecified atom stereocenters. The van der Waals surface area contributed by atoms with Crippen LogP contribution in [0.15, 0.2) is 33.7 Å². The smallest absolute Gasteiger partial charge is 0.133 e. The Bertz CT molecular complexity index is 494. The molecule has 0 saturated carbocycles. The van der Waals surface area contributed by atoms with Gasteiger partial charge >= 0.3 is 0 Å². The Morgan fingerprint density at radius 3 is 2.75 bits per heavy atom. The number of hydrogen-bond acceptors (Lipinski definition) is 4. The third-order valence-electron chi connectivity index (χ3n) is 2.22. The minimum Gasteiger partial charge on any atom is -0.398 e. The summed E-state index contributed by atoms with van der Waals surface area (Å²) in [5.41, 5.74) is 8.88. The molecule has 0 amide bonds. The van der Waals surface area contributed by atoms with Gasteiger partial charge in [0.05, 0.1) is 5.69 Å². The molecule has 0 fully saturated rings. The fraction of sp³-hybridized carbons (Fsp3) is 0.250. The van der Waals surface area contributed by atoms with Gasteiger partial charge in [0, 0.05) is 22.4 Å². The SMILES string of the molecule is Cc1ccc(SCc2cc(C)on2)c(N)c1. The summed E-state index contributed by atoms with van der Waals surface area (Å²) in [6.07, 6.45) is 0. The second-order valence-electron chi connectivity index (χ2n) is 3.76. The largest absolute Gasteiger partial charge is 0.398 e. The van der Waals surface area contributed by atoms with Crippen molar-refractivity contribution in [3.05, 3.63) is 41.3 Å². The number of thioether (sulfide) groups is 1. The van der Waals surface area contributed by atoms with Crippen molar-refractivity contribution in [1.29, 1.82) is 0 Å². The minimum absolute atomic E-state index is 0.782. The number of hydrogen-bond donors (Lipinski definition) is 1. The molecule has 0 atom stereocenters. The lowest BCUT2D eigenvalue weighted by Crippen LogP contribution is -1.90. The molecule has 16 heavy (non-hydrogen) atoms. The zero-order valence-corrected chi connectivity index (χ0v) is 10.2. The molecule has 1 aromatic carbocycles. The van der Waals surface area contributed by atoms with Crippen LogP contribution in [0.5, 0.6) is 0 Å². The quantitative estimate of drug-likeness (QED) is 0.654. The van der Waals surface area contributed by atoms with Crippen LogP contribution in [0.25, 0.3) is 0 Å². The van der Waals surface area contributed by atoms with E-state index in [2.05, 4.69) is 11.2 Å². The van der Waals surface area contributed by atoms with Crippen LogP contribution in [-0.2, 0) is 5.75 Å². The van der Waals surface area contributed by atoms with Crippen molar-refractivity contribution in [3.8, 4) is 0 Å². The maximum atomic E-state index is 5.93. The van der Waals surface area contributed by atoms with Crippen LogP contribution >= 0.6 is 11.8 Å². The van der Waals surface area contributed by atoms with Crippen molar-refractivity contribution in [2.45, 2.75) is 24.5 Å². The molecule has 84 valence electrons. The summed E-state index contributed by atoms with van der Waals surface area (Å²) < 4.78 is 5.01. The van der Waals surface area contributed by atoms with Crippen molar-refractivity contribution in [1.82, 2.24) is 5.16 Å². The van der Waals surface area contributed by atoms with Crippen molar-refractivity contribution in [2.75, 3.05) is 5.73 Å². The fourth-order valence-electron chi connectivity index (χ4n) is 1.44. The lowest BCUT2D eigenvalue weighted by Gasteiger charge is -2.04. The van der Waals surface area contributed by atoms with Gasteiger partial charge in [0.1, 0.15) is 5.76 Å². The minimum atomic E-state index is 0.782. The highest BCUT2D eigenvalue weighted by Crippen LogP contribution is 2.28. The number of rotatable bonds is 3. The van der Waals surface area contributed by atoms with Gasteiger partial charge in [-0.05, 0) is 31.5 Å². The van der Waals surface area contributed by atoms with Crippen molar-refractivity contribution < 1.29 is 4.52 Å². The predicted molar refractivity (Wildman–Crippen MR) is 66.4 cm³/mol. The van der Waals surface area contributed by atoms with E-state index in [4.69, 9.17) is 10.3 Å². The molecule has 0 spiro atoms. The maximum Gasteiger partial charge on any atom is 0.133 e. The van der Waals surface area contributed by atoms with Crippen LogP contribution in [0.4, 0.5) is 5.69 Å². The van der Waals surface area contributed by atoms with Gasteiger partial charge in [0.25, 0.3) is 0 Å². The highest BCUT2D eigenvalue weighted by atomic mass is 32.2. The molecule has 0 radical (unpaired) electrons. The van der Waals surface area contributed by atoms with Crippen LogP contribution in [0.2, 0.25) is 0 Å². The summed E-state index contributed by atoms with van der Waals surface area (Å²) in [6, 6.07) is 8.03. The standard InChI is InChI=1S/C12H14N2OS/c1-8-3-4-12(11(13)5-8)16-7-10-6-9(2)15-14-10/h3-6H,7,13H2,1-2H3. The first-order chi connectivity index (χ1) is 7.65. The van der Waals surface area contributed by atoms with Crippen molar-refractivity contribution in [2.24, 2.45) is 0 Å². The van der Waals surface area contributed by atoms with Crippen molar-refractivity contribution in [3.63, 3.8) is 0 Å². The van der Waals surface area contributed by atoms with Gasteiger partial charge in [-0.2, -0.15) is 0 Å². The van der Waals surface area contributed by atoms with Crippen LogP contribution in [0.1, 0.15) is 17.0 Å². The lowest BCUT2D eigenvalue weighted by atomic mass is 10.2. The lowest BCUT2D eigenvalue weighted by molar-refractivity contribution is 0.393. The zero-order valence-electron chi connectivity index (χ0n) is 9.36. The number of benzene rings is 1. The molecular formula is C12H14N2OS. The molecule has 0 saturated heterocycles. The molecule has 1 heterocycles. The second-order valence-corrected chi connectivity index (χ2v) is 4.78. The number of aromatic nitrogens is 1. The summed E-state index contributed by atoms with van der Waals surface area (Å²) >= 11 is 1.67. The molecule has 2 N–H and O–H groups in total. The Morgan fingerprint density at radius 2 is 2.12 bits per heavy atom. The van der Waals surface area contributed by atoms with Gasteiger partial charge in [-0.3, -0.25) is 0 Å². The van der Waals surface area contributed by atoms with Gasteiger partial charge in [0.2, 0.25) is 0 Å². The van der Waals surface area contributed by atoms with E-state index in [0.29, 0.717) is 0 Å². The first-order valence-corrected chi connectivity index (χ1v) is 6.05. The summed E-state index contributed by atoms with van der Waals surface area (Å²) in [6.45, 7) is 3.92. The predicted octanol–water partition coefficient (Wildman–Crippen LogP) is 3.17. The van der Waals surface area contributed by atoms with Gasteiger partial charge in [0.15, 0.2) is 0 Å². The van der Waals surface area contributed by atoms with E-state index in [1.807, 2.05) is 32.0 Å². The third-order valence-corrected chi connectivity index (χ3v) is 3.34. The molecule has 0 bridgehead atoms. The molecule has 3 nitrogen and oxygen atoms in total. The monoisotopic (exact) mass is 234 g/mol. The average molecular weight is 234 g/mol. The number of anilines is 1. The number of aryl methyl sites for hydroxylation is 2. The van der Waals surface area contributed by atoms with Crippen LogP contribution in [-0.4, -0.2) is 5.16 Å². The summed E-state index contributed by atoms with van der Waals surface area (Å²) in [5, 5.41) is 3.94. The highest BCUT2D eigenvalue weighted by molar-refractivity contribution is 7.98. The summed E-state index contributed by atoms with van der Waals surface area (Å²) in [5.74, 6) is 1.62. The van der Waals surface area contributed by atoms with E-state index in [1.165, 1.54) is 5.56 Å². The first kappa shape index (κ1) is 11.1. The number of nitrogens with zero attached hydrogens (tertiary/aromatic N) is 1. The molecule has 0 aliphatic rings. The Labute approximate surface area is 99.0 Å². The topological polar surface area (TPSA) is 52.0 Å². The summed E-state index contributed by atoms with van der Waals surface area (Å²) in [4.78, 5) is 1.09. The van der Waals surface area contributed by atoms with Crippen LogP contribution in [0, 0.1) is 13.8 Å². The molecule has 0 aliphatic carbocycles. The van der Waals surface area contributed by atoms with E-state index in [0.717, 1.165) is 27.8 Å². The van der Waals surface area contributed by atoms with Gasteiger partial charge in [-0.1, -0.05) is 11.2 Å². The third kappa shape index (κ3) is 2.58. The molecule has 2 rings (SSSR count). The highest BCUT2D eigenvalue weighted by Gasteiger charge is 2.04. The number of nitrogen functional groups attached to an aromatic ring is 1. The molecule has 0 aliphatic heterocycles. The summed E-state index contributed by atoms with van der Waals surface area (Å²) in [7, 11) is 0. The van der Waals surface area contributed by atoms with E-state index in [-0.39, 0.29) is 0 Å². The van der Waals surface area contributed by atoms with E-state index >= 15 is 0 Å². The Balaban J connectivity index is 2.04. The molecule has 1 aromatic heterocycles. The van der Waals surface area contributed by atoms with Crippen LogP contribution < -0.4 is 5.73 Å². The average Bonchev–Trinajstić information content (AvgIpc) is 2.63. The Kier molecular flexibility index (Phi) is 3.19. The number of nitrogens with two attached hydrogens (primary N) is 1. The van der Waals surface area contributed by atoms with Gasteiger partial charge < -0.3 is 10.3 Å². The Hall–Kier alpha value is -1.42. The van der Waals surface area contributed by atoms with Crippen LogP contribution in [0.3, 0.4) is 0 Å². The van der Waals surface area contributed by atoms with E-state index in [1.54, 1.807) is 11.8 Å². The van der Waals surface area contributed by atoms with E-state index < -0.39 is 0 Å². The second kappa shape index (κ2) is 4.61.